The van der Waals surface area contributed by atoms with Gasteiger partial charge in [0, 0.05) is 11.8 Å². The van der Waals surface area contributed by atoms with Crippen molar-refractivity contribution in [3.8, 4) is 0 Å². The van der Waals surface area contributed by atoms with E-state index in [4.69, 9.17) is 4.74 Å². The quantitative estimate of drug-likeness (QED) is 0.660. The summed E-state index contributed by atoms with van der Waals surface area (Å²) >= 11 is 0. The average molecular weight is 186 g/mol. The highest BCUT2D eigenvalue weighted by Gasteiger charge is 2.33. The second-order valence-electron chi connectivity index (χ2n) is 4.33. The minimum atomic E-state index is -0.362. The summed E-state index contributed by atoms with van der Waals surface area (Å²) in [7, 11) is 0. The van der Waals surface area contributed by atoms with Gasteiger partial charge in [0.2, 0.25) is 0 Å². The Labute approximate surface area is 81.7 Å². The van der Waals surface area contributed by atoms with Gasteiger partial charge in [-0.2, -0.15) is 0 Å². The first-order valence-electron chi connectivity index (χ1n) is 5.01. The Morgan fingerprint density at radius 1 is 1.31 bits per heavy atom. The molecule has 2 heteroatoms. The monoisotopic (exact) mass is 186 g/mol. The molecule has 0 bridgehead atoms. The summed E-state index contributed by atoms with van der Waals surface area (Å²) in [5.74, 6) is 0.264. The van der Waals surface area contributed by atoms with Crippen LogP contribution in [0.4, 0.5) is 0 Å². The third kappa shape index (κ3) is 3.47. The van der Waals surface area contributed by atoms with Crippen LogP contribution in [0.5, 0.6) is 0 Å². The molecule has 0 N–H and O–H groups in total. The van der Waals surface area contributed by atoms with Crippen LogP contribution in [0, 0.1) is 5.41 Å². The molecule has 0 aromatic heterocycles. The highest BCUT2D eigenvalue weighted by Crippen LogP contribution is 2.26. The van der Waals surface area contributed by atoms with Crippen LogP contribution in [-0.4, -0.2) is 18.0 Å². The molecule has 2 nitrogen and oxygen atoms in total. The molecule has 0 spiro atoms. The Hall–Kier alpha value is -0.370. The summed E-state index contributed by atoms with van der Waals surface area (Å²) in [4.78, 5) is 11.6. The number of hydrogen-bond donors (Lipinski definition) is 0. The van der Waals surface area contributed by atoms with Gasteiger partial charge in [0.1, 0.15) is 5.78 Å². The van der Waals surface area contributed by atoms with Crippen LogP contribution in [0.2, 0.25) is 0 Å². The fraction of sp³-hybridized carbons (Fsp3) is 0.909. The predicted molar refractivity (Wildman–Crippen MR) is 54.8 cm³/mol. The zero-order valence-electron chi connectivity index (χ0n) is 9.68. The second-order valence-corrected chi connectivity index (χ2v) is 4.33. The Kier molecular flexibility index (Phi) is 4.62. The van der Waals surface area contributed by atoms with E-state index >= 15 is 0 Å². The minimum Gasteiger partial charge on any atom is -0.375 e. The number of Topliss-reactive ketones (excluding diaryl/α,β-unsaturated/α-hetero) is 1. The average Bonchev–Trinajstić information content (AvgIpc) is 2.01. The van der Waals surface area contributed by atoms with Crippen LogP contribution in [0.25, 0.3) is 0 Å². The van der Waals surface area contributed by atoms with Gasteiger partial charge in [0.25, 0.3) is 0 Å². The summed E-state index contributed by atoms with van der Waals surface area (Å²) in [5, 5.41) is 0. The Morgan fingerprint density at radius 3 is 2.08 bits per heavy atom. The van der Waals surface area contributed by atoms with Crippen molar-refractivity contribution in [2.75, 3.05) is 0 Å². The van der Waals surface area contributed by atoms with E-state index in [1.165, 1.54) is 0 Å². The van der Waals surface area contributed by atoms with Gasteiger partial charge in [0.05, 0.1) is 12.2 Å². The van der Waals surface area contributed by atoms with Gasteiger partial charge in [-0.05, 0) is 20.8 Å². The van der Waals surface area contributed by atoms with Gasteiger partial charge in [-0.3, -0.25) is 4.79 Å². The molecule has 0 fully saturated rings. The van der Waals surface area contributed by atoms with Gasteiger partial charge in [-0.1, -0.05) is 20.8 Å². The first kappa shape index (κ1) is 12.6. The maximum absolute atomic E-state index is 11.6. The topological polar surface area (TPSA) is 26.3 Å². The fourth-order valence-corrected chi connectivity index (χ4v) is 1.26. The number of carbonyl (C=O) groups excluding carboxylic acids is 1. The molecule has 0 aliphatic rings. The number of ether oxygens (including phenoxy) is 1. The lowest BCUT2D eigenvalue weighted by Crippen LogP contribution is -2.38. The van der Waals surface area contributed by atoms with E-state index in [0.29, 0.717) is 6.42 Å². The number of hydrogen-bond acceptors (Lipinski definition) is 2. The fourth-order valence-electron chi connectivity index (χ4n) is 1.26. The van der Waals surface area contributed by atoms with Crippen molar-refractivity contribution < 1.29 is 9.53 Å². The first-order chi connectivity index (χ1) is 5.82. The summed E-state index contributed by atoms with van der Waals surface area (Å²) in [6.07, 6.45) is 0.748. The van der Waals surface area contributed by atoms with Gasteiger partial charge in [-0.15, -0.1) is 0 Å². The van der Waals surface area contributed by atoms with E-state index in [1.807, 2.05) is 41.5 Å². The van der Waals surface area contributed by atoms with Crippen molar-refractivity contribution >= 4 is 5.78 Å². The van der Waals surface area contributed by atoms with Gasteiger partial charge < -0.3 is 4.74 Å². The molecule has 13 heavy (non-hydrogen) atoms. The van der Waals surface area contributed by atoms with Gasteiger partial charge in [-0.25, -0.2) is 0 Å². The van der Waals surface area contributed by atoms with E-state index in [0.717, 1.165) is 0 Å². The van der Waals surface area contributed by atoms with Crippen molar-refractivity contribution in [1.29, 1.82) is 0 Å². The van der Waals surface area contributed by atoms with Crippen LogP contribution in [0.3, 0.4) is 0 Å². The Bertz CT molecular complexity index is 171. The van der Waals surface area contributed by atoms with Crippen LogP contribution < -0.4 is 0 Å². The van der Waals surface area contributed by atoms with E-state index in [-0.39, 0.29) is 23.4 Å². The van der Waals surface area contributed by atoms with Crippen molar-refractivity contribution in [3.05, 3.63) is 0 Å². The molecule has 0 saturated carbocycles. The molecule has 0 aromatic carbocycles. The second kappa shape index (κ2) is 4.75. The Morgan fingerprint density at radius 2 is 1.77 bits per heavy atom. The summed E-state index contributed by atoms with van der Waals surface area (Å²) in [5.41, 5.74) is -0.362. The van der Waals surface area contributed by atoms with Crippen molar-refractivity contribution in [1.82, 2.24) is 0 Å². The maximum atomic E-state index is 11.6. The van der Waals surface area contributed by atoms with E-state index < -0.39 is 0 Å². The SMILES string of the molecule is CCC(=O)C(C)(C)C(C)OC(C)C. The molecule has 1 unspecified atom stereocenters. The first-order valence-corrected chi connectivity index (χ1v) is 5.01. The number of carbonyl (C=O) groups is 1. The maximum Gasteiger partial charge on any atom is 0.140 e. The van der Waals surface area contributed by atoms with Crippen molar-refractivity contribution in [3.63, 3.8) is 0 Å². The lowest BCUT2D eigenvalue weighted by molar-refractivity contribution is -0.137. The van der Waals surface area contributed by atoms with Gasteiger partial charge in [0.15, 0.2) is 0 Å². The van der Waals surface area contributed by atoms with Crippen LogP contribution in [0.15, 0.2) is 0 Å². The lowest BCUT2D eigenvalue weighted by Gasteiger charge is -2.31. The smallest absolute Gasteiger partial charge is 0.140 e. The van der Waals surface area contributed by atoms with Crippen LogP contribution >= 0.6 is 0 Å². The molecule has 0 aliphatic carbocycles. The zero-order chi connectivity index (χ0) is 10.6. The zero-order valence-corrected chi connectivity index (χ0v) is 9.68. The largest absolute Gasteiger partial charge is 0.375 e. The third-order valence-corrected chi connectivity index (χ3v) is 2.53. The standard InChI is InChI=1S/C11H22O2/c1-7-10(12)11(5,6)9(4)13-8(2)3/h8-9H,7H2,1-6H3. The molecule has 78 valence electrons. The highest BCUT2D eigenvalue weighted by atomic mass is 16.5. The number of rotatable bonds is 5. The highest BCUT2D eigenvalue weighted by molar-refractivity contribution is 5.84. The molecule has 0 aliphatic heterocycles. The molecule has 0 amide bonds. The van der Waals surface area contributed by atoms with Crippen molar-refractivity contribution in [2.24, 2.45) is 5.41 Å². The molecular formula is C11H22O2. The van der Waals surface area contributed by atoms with E-state index in [1.54, 1.807) is 0 Å². The molecule has 0 radical (unpaired) electrons. The number of ketones is 1. The molecule has 0 heterocycles. The van der Waals surface area contributed by atoms with E-state index in [2.05, 4.69) is 0 Å². The normalized spacial score (nSPS) is 14.7. The van der Waals surface area contributed by atoms with Crippen molar-refractivity contribution in [2.45, 2.75) is 60.2 Å². The lowest BCUT2D eigenvalue weighted by atomic mass is 9.81. The summed E-state index contributed by atoms with van der Waals surface area (Å²) < 4.78 is 5.62. The molecule has 0 saturated heterocycles. The summed E-state index contributed by atoms with van der Waals surface area (Å²) in [6, 6.07) is 0. The summed E-state index contributed by atoms with van der Waals surface area (Å²) in [6.45, 7) is 11.7. The van der Waals surface area contributed by atoms with Crippen LogP contribution in [0.1, 0.15) is 48.0 Å². The third-order valence-electron chi connectivity index (χ3n) is 2.53. The molecule has 0 aromatic rings. The Balaban J connectivity index is 4.35. The van der Waals surface area contributed by atoms with Gasteiger partial charge >= 0.3 is 0 Å². The molecular weight excluding hydrogens is 164 g/mol. The molecule has 0 rings (SSSR count). The molecule has 1 atom stereocenters. The van der Waals surface area contributed by atoms with Crippen LogP contribution in [-0.2, 0) is 9.53 Å². The minimum absolute atomic E-state index is 0.0139. The van der Waals surface area contributed by atoms with E-state index in [9.17, 15) is 4.79 Å². The predicted octanol–water partition coefficient (Wildman–Crippen LogP) is 2.81.